The molecule has 0 radical (unpaired) electrons. The molecule has 3 rings (SSSR count). The Morgan fingerprint density at radius 3 is 2.50 bits per heavy atom. The van der Waals surface area contributed by atoms with E-state index in [0.29, 0.717) is 32.8 Å². The van der Waals surface area contributed by atoms with Crippen LogP contribution in [0.1, 0.15) is 0 Å². The first-order valence-corrected chi connectivity index (χ1v) is 8.39. The summed E-state index contributed by atoms with van der Waals surface area (Å²) in [6, 6.07) is 7.89. The second-order valence-corrected chi connectivity index (χ2v) is 6.08. The first-order chi connectivity index (χ1) is 11.8. The zero-order chi connectivity index (χ0) is 16.8. The van der Waals surface area contributed by atoms with Gasteiger partial charge in [0.15, 0.2) is 0 Å². The van der Waals surface area contributed by atoms with E-state index in [1.165, 1.54) is 0 Å². The highest BCUT2D eigenvalue weighted by Gasteiger charge is 2.19. The highest BCUT2D eigenvalue weighted by atomic mass is 16.5. The smallest absolute Gasteiger partial charge is 0.238 e. The van der Waals surface area contributed by atoms with Gasteiger partial charge in [-0.1, -0.05) is 12.1 Å². The zero-order valence-electron chi connectivity index (χ0n) is 13.8. The van der Waals surface area contributed by atoms with E-state index < -0.39 is 0 Å². The van der Waals surface area contributed by atoms with Crippen LogP contribution in [-0.2, 0) is 14.3 Å². The number of ether oxygens (including phenoxy) is 1. The predicted molar refractivity (Wildman–Crippen MR) is 92.2 cm³/mol. The van der Waals surface area contributed by atoms with Crippen LogP contribution in [0.5, 0.6) is 0 Å². The Bertz CT molecular complexity index is 567. The summed E-state index contributed by atoms with van der Waals surface area (Å²) < 4.78 is 5.40. The summed E-state index contributed by atoms with van der Waals surface area (Å²) in [5.41, 5.74) is 1.89. The molecule has 1 aromatic carbocycles. The Morgan fingerprint density at radius 1 is 1.08 bits per heavy atom. The Kier molecular flexibility index (Phi) is 5.66. The molecule has 2 aliphatic heterocycles. The largest absolute Gasteiger partial charge is 0.378 e. The van der Waals surface area contributed by atoms with Gasteiger partial charge in [0.2, 0.25) is 12.3 Å². The van der Waals surface area contributed by atoms with Crippen molar-refractivity contribution in [3.63, 3.8) is 0 Å². The minimum Gasteiger partial charge on any atom is -0.378 e. The average molecular weight is 332 g/mol. The van der Waals surface area contributed by atoms with Crippen LogP contribution in [0.2, 0.25) is 0 Å². The fraction of sp³-hybridized carbons (Fsp3) is 0.529. The van der Waals surface area contributed by atoms with Crippen LogP contribution in [0.4, 0.5) is 11.4 Å². The lowest BCUT2D eigenvalue weighted by Crippen LogP contribution is -2.48. The van der Waals surface area contributed by atoms with Crippen LogP contribution >= 0.6 is 0 Å². The van der Waals surface area contributed by atoms with Crippen LogP contribution in [0.15, 0.2) is 24.3 Å². The maximum Gasteiger partial charge on any atom is 0.238 e. The van der Waals surface area contributed by atoms with Crippen LogP contribution < -0.4 is 10.2 Å². The van der Waals surface area contributed by atoms with E-state index in [4.69, 9.17) is 4.74 Å². The minimum absolute atomic E-state index is 0.0183. The van der Waals surface area contributed by atoms with Crippen molar-refractivity contribution in [3.8, 4) is 0 Å². The summed E-state index contributed by atoms with van der Waals surface area (Å²) in [5.74, 6) is -0.0183. The molecule has 0 aliphatic carbocycles. The van der Waals surface area contributed by atoms with Crippen molar-refractivity contribution in [2.75, 3.05) is 69.2 Å². The second kappa shape index (κ2) is 8.12. The van der Waals surface area contributed by atoms with Gasteiger partial charge in [-0.2, -0.15) is 0 Å². The van der Waals surface area contributed by atoms with E-state index in [0.717, 1.165) is 44.0 Å². The van der Waals surface area contributed by atoms with Gasteiger partial charge in [-0.05, 0) is 12.1 Å². The summed E-state index contributed by atoms with van der Waals surface area (Å²) >= 11 is 0. The number of hydrogen-bond donors (Lipinski definition) is 1. The van der Waals surface area contributed by atoms with Gasteiger partial charge in [0.1, 0.15) is 0 Å². The van der Waals surface area contributed by atoms with Gasteiger partial charge in [-0.15, -0.1) is 0 Å². The molecule has 2 aliphatic rings. The lowest BCUT2D eigenvalue weighted by Gasteiger charge is -2.32. The molecule has 24 heavy (non-hydrogen) atoms. The molecule has 0 atom stereocenters. The molecular formula is C17H24N4O3. The maximum absolute atomic E-state index is 12.4. The fourth-order valence-electron chi connectivity index (χ4n) is 3.08. The van der Waals surface area contributed by atoms with Gasteiger partial charge in [0, 0.05) is 39.3 Å². The van der Waals surface area contributed by atoms with Gasteiger partial charge in [0.05, 0.1) is 31.1 Å². The normalized spacial score (nSPS) is 19.2. The Hall–Kier alpha value is -2.12. The quantitative estimate of drug-likeness (QED) is 0.783. The van der Waals surface area contributed by atoms with Crippen LogP contribution in [0.3, 0.4) is 0 Å². The lowest BCUT2D eigenvalue weighted by molar-refractivity contribution is -0.120. The number of morpholine rings is 1. The highest BCUT2D eigenvalue weighted by Crippen LogP contribution is 2.26. The summed E-state index contributed by atoms with van der Waals surface area (Å²) in [5, 5.41) is 3.03. The summed E-state index contributed by atoms with van der Waals surface area (Å²) in [6.45, 7) is 6.27. The summed E-state index contributed by atoms with van der Waals surface area (Å²) in [6.07, 6.45) is 0.871. The zero-order valence-corrected chi connectivity index (χ0v) is 13.8. The number of nitrogens with one attached hydrogen (secondary N) is 1. The van der Waals surface area contributed by atoms with Gasteiger partial charge in [-0.25, -0.2) is 0 Å². The Labute approximate surface area is 142 Å². The molecule has 130 valence electrons. The van der Waals surface area contributed by atoms with E-state index >= 15 is 0 Å². The molecule has 1 N–H and O–H groups in total. The van der Waals surface area contributed by atoms with Crippen molar-refractivity contribution in [1.82, 2.24) is 9.80 Å². The third-order valence-electron chi connectivity index (χ3n) is 4.45. The lowest BCUT2D eigenvalue weighted by atomic mass is 10.2. The molecule has 2 amide bonds. The molecule has 2 fully saturated rings. The molecule has 7 heteroatoms. The van der Waals surface area contributed by atoms with Crippen molar-refractivity contribution < 1.29 is 14.3 Å². The molecule has 2 saturated heterocycles. The Balaban J connectivity index is 1.57. The van der Waals surface area contributed by atoms with Gasteiger partial charge < -0.3 is 19.9 Å². The van der Waals surface area contributed by atoms with Crippen LogP contribution in [-0.4, -0.2) is 81.1 Å². The number of rotatable bonds is 5. The number of carbonyl (C=O) groups is 2. The van der Waals surface area contributed by atoms with Crippen molar-refractivity contribution >= 4 is 23.7 Å². The molecule has 0 aromatic heterocycles. The monoisotopic (exact) mass is 332 g/mol. The molecular weight excluding hydrogens is 308 g/mol. The fourth-order valence-corrected chi connectivity index (χ4v) is 3.08. The molecule has 0 bridgehead atoms. The number of amides is 2. The first kappa shape index (κ1) is 16.7. The number of benzene rings is 1. The number of piperazine rings is 1. The maximum atomic E-state index is 12.4. The van der Waals surface area contributed by atoms with Gasteiger partial charge >= 0.3 is 0 Å². The highest BCUT2D eigenvalue weighted by molar-refractivity contribution is 5.95. The van der Waals surface area contributed by atoms with E-state index in [-0.39, 0.29) is 5.91 Å². The van der Waals surface area contributed by atoms with E-state index in [1.807, 2.05) is 24.3 Å². The number of carbonyl (C=O) groups excluding carboxylic acids is 2. The molecule has 1 aromatic rings. The predicted octanol–water partition coefficient (Wildman–Crippen LogP) is 0.236. The van der Waals surface area contributed by atoms with E-state index in [1.54, 1.807) is 4.90 Å². The van der Waals surface area contributed by atoms with Gasteiger partial charge in [-0.3, -0.25) is 14.5 Å². The van der Waals surface area contributed by atoms with E-state index in [9.17, 15) is 9.59 Å². The third-order valence-corrected chi connectivity index (χ3v) is 4.45. The molecule has 0 unspecified atom stereocenters. The van der Waals surface area contributed by atoms with Crippen LogP contribution in [0.25, 0.3) is 0 Å². The summed E-state index contributed by atoms with van der Waals surface area (Å²) in [4.78, 5) is 29.2. The number of nitrogens with zero attached hydrogens (tertiary/aromatic N) is 3. The van der Waals surface area contributed by atoms with Crippen molar-refractivity contribution in [3.05, 3.63) is 24.3 Å². The van der Waals surface area contributed by atoms with Gasteiger partial charge in [0.25, 0.3) is 0 Å². The van der Waals surface area contributed by atoms with Crippen molar-refractivity contribution in [1.29, 1.82) is 0 Å². The number of hydrogen-bond acceptors (Lipinski definition) is 5. The minimum atomic E-state index is -0.0183. The number of anilines is 2. The van der Waals surface area contributed by atoms with Crippen molar-refractivity contribution in [2.24, 2.45) is 0 Å². The second-order valence-electron chi connectivity index (χ2n) is 6.08. The average Bonchev–Trinajstić information content (AvgIpc) is 2.63. The van der Waals surface area contributed by atoms with Crippen molar-refractivity contribution in [2.45, 2.75) is 0 Å². The number of para-hydroxylation sites is 2. The Morgan fingerprint density at radius 2 is 1.79 bits per heavy atom. The molecule has 0 spiro atoms. The SMILES string of the molecule is O=CN1CCN(CC(=O)Nc2ccccc2N2CCOCC2)CC1. The van der Waals surface area contributed by atoms with Crippen LogP contribution in [0, 0.1) is 0 Å². The summed E-state index contributed by atoms with van der Waals surface area (Å²) in [7, 11) is 0. The topological polar surface area (TPSA) is 65.1 Å². The first-order valence-electron chi connectivity index (χ1n) is 8.39. The van der Waals surface area contributed by atoms with E-state index in [2.05, 4.69) is 15.1 Å². The third kappa shape index (κ3) is 4.24. The molecule has 0 saturated carbocycles. The standard InChI is InChI=1S/C17H24N4O3/c22-14-20-7-5-19(6-8-20)13-17(23)18-15-3-1-2-4-16(15)21-9-11-24-12-10-21/h1-4,14H,5-13H2,(H,18,23). The molecule has 2 heterocycles. The molecule has 7 nitrogen and oxygen atoms in total.